The van der Waals surface area contributed by atoms with Crippen LogP contribution < -0.4 is 21.1 Å². The van der Waals surface area contributed by atoms with E-state index in [0.29, 0.717) is 99.8 Å². The quantitative estimate of drug-likeness (QED) is 0.0777. The highest BCUT2D eigenvalue weighted by Crippen LogP contribution is 2.36. The number of aromatic nitrogens is 7. The van der Waals surface area contributed by atoms with Gasteiger partial charge in [-0.15, -0.1) is 5.10 Å². The summed E-state index contributed by atoms with van der Waals surface area (Å²) in [7, 11) is 0. The van der Waals surface area contributed by atoms with Crippen molar-refractivity contribution in [1.29, 1.82) is 0 Å². The zero-order chi connectivity index (χ0) is 46.3. The molecule has 0 aliphatic carbocycles. The van der Waals surface area contributed by atoms with E-state index < -0.39 is 29.7 Å². The number of carbonyl (C=O) groups is 5. The van der Waals surface area contributed by atoms with Crippen LogP contribution in [0.25, 0.3) is 22.3 Å². The highest BCUT2D eigenvalue weighted by atomic mass is 16.5. The van der Waals surface area contributed by atoms with E-state index in [9.17, 15) is 24.0 Å². The number of nitrogens with one attached hydrogen (secondary N) is 2. The van der Waals surface area contributed by atoms with Gasteiger partial charge in [0.25, 0.3) is 17.7 Å². The Balaban J connectivity index is 0.681. The van der Waals surface area contributed by atoms with Crippen LogP contribution in [-0.2, 0) is 30.3 Å². The van der Waals surface area contributed by atoms with E-state index in [4.69, 9.17) is 29.8 Å². The van der Waals surface area contributed by atoms with Crippen molar-refractivity contribution in [1.82, 2.24) is 49.9 Å². The minimum atomic E-state index is -1.03. The van der Waals surface area contributed by atoms with E-state index in [0.717, 1.165) is 29.1 Å². The summed E-state index contributed by atoms with van der Waals surface area (Å²) in [6.45, 7) is 3.69. The molecule has 0 bridgehead atoms. The number of ether oxygens (including phenoxy) is 4. The lowest BCUT2D eigenvalue weighted by atomic mass is 10.0. The molecular formula is C46H48N12O9. The molecule has 3 aliphatic heterocycles. The van der Waals surface area contributed by atoms with Crippen LogP contribution in [0.5, 0.6) is 11.5 Å². The first-order valence-corrected chi connectivity index (χ1v) is 22.1. The third kappa shape index (κ3) is 9.83. The maximum absolute atomic E-state index is 13.7. The average Bonchev–Trinajstić information content (AvgIpc) is 4.05. The van der Waals surface area contributed by atoms with Gasteiger partial charge >= 0.3 is 0 Å². The van der Waals surface area contributed by atoms with Gasteiger partial charge in [-0.25, -0.2) is 19.3 Å². The molecule has 2 unspecified atom stereocenters. The number of fused-ring (bicyclic) bond motifs is 2. The number of hydrogen-bond acceptors (Lipinski definition) is 16. The number of benzene rings is 3. The third-order valence-electron chi connectivity index (χ3n) is 11.7. The number of anilines is 2. The molecule has 346 valence electrons. The lowest BCUT2D eigenvalue weighted by Gasteiger charge is -2.32. The second kappa shape index (κ2) is 20.3. The van der Waals surface area contributed by atoms with Gasteiger partial charge in [-0.2, -0.15) is 5.10 Å². The van der Waals surface area contributed by atoms with E-state index in [-0.39, 0.29) is 41.6 Å². The smallest absolute Gasteiger partial charge is 0.276 e. The molecule has 3 aliphatic rings. The van der Waals surface area contributed by atoms with Crippen molar-refractivity contribution >= 4 is 52.1 Å². The largest absolute Gasteiger partial charge is 0.457 e. The highest BCUT2D eigenvalue weighted by Gasteiger charge is 2.45. The third-order valence-corrected chi connectivity index (χ3v) is 11.7. The van der Waals surface area contributed by atoms with Crippen molar-refractivity contribution in [2.75, 3.05) is 70.3 Å². The molecule has 0 radical (unpaired) electrons. The number of amides is 5. The summed E-state index contributed by atoms with van der Waals surface area (Å²) in [6, 6.07) is 20.9. The number of piperidine rings is 2. The van der Waals surface area contributed by atoms with Crippen LogP contribution in [0.2, 0.25) is 0 Å². The first kappa shape index (κ1) is 44.6. The molecule has 21 nitrogen and oxygen atoms in total. The fraction of sp³-hybridized carbons (Fsp3) is 0.348. The fourth-order valence-electron chi connectivity index (χ4n) is 8.38. The molecule has 5 amide bonds. The normalized spacial score (nSPS) is 17.3. The summed E-state index contributed by atoms with van der Waals surface area (Å²) in [4.78, 5) is 75.5. The highest BCUT2D eigenvalue weighted by molar-refractivity contribution is 6.25. The fourth-order valence-corrected chi connectivity index (χ4v) is 8.38. The molecule has 21 heteroatoms. The number of rotatable bonds is 19. The molecule has 4 N–H and O–H groups in total. The van der Waals surface area contributed by atoms with Gasteiger partial charge in [0.2, 0.25) is 11.8 Å². The number of imide groups is 2. The van der Waals surface area contributed by atoms with Crippen molar-refractivity contribution in [2.45, 2.75) is 44.3 Å². The molecular weight excluding hydrogens is 865 g/mol. The summed E-state index contributed by atoms with van der Waals surface area (Å²) in [5, 5.41) is 19.3. The van der Waals surface area contributed by atoms with Crippen LogP contribution in [0.4, 0.5) is 11.5 Å². The maximum atomic E-state index is 13.7. The summed E-state index contributed by atoms with van der Waals surface area (Å²) >= 11 is 0. The Morgan fingerprint density at radius 1 is 0.836 bits per heavy atom. The Morgan fingerprint density at radius 3 is 2.39 bits per heavy atom. The summed E-state index contributed by atoms with van der Waals surface area (Å²) in [6.07, 6.45) is 4.73. The SMILES string of the molecule is Nc1ncnc2c1c(-c1ccc(Oc3ccccc3)cc1)nn2C1CCCN(C(=O)c2cn(CCOCCOCCOCCNc3cccc4c3C(=O)N(C3CCC(=O)NC3=O)C4=O)nn2)C1. The van der Waals surface area contributed by atoms with Crippen LogP contribution in [0, 0.1) is 0 Å². The zero-order valence-electron chi connectivity index (χ0n) is 36.4. The van der Waals surface area contributed by atoms with Gasteiger partial charge in [-0.3, -0.25) is 34.2 Å². The van der Waals surface area contributed by atoms with E-state index in [2.05, 4.69) is 30.9 Å². The Labute approximate surface area is 383 Å². The molecule has 2 atom stereocenters. The number of hydrogen-bond donors (Lipinski definition) is 3. The lowest BCUT2D eigenvalue weighted by molar-refractivity contribution is -0.136. The first-order chi connectivity index (χ1) is 32.7. The Hall–Kier alpha value is -7.62. The van der Waals surface area contributed by atoms with Crippen molar-refractivity contribution < 1.29 is 42.9 Å². The second-order valence-corrected chi connectivity index (χ2v) is 16.0. The molecule has 0 spiro atoms. The molecule has 67 heavy (non-hydrogen) atoms. The van der Waals surface area contributed by atoms with Crippen molar-refractivity contribution in [3.05, 3.63) is 102 Å². The van der Waals surface area contributed by atoms with Crippen LogP contribution in [0.15, 0.2) is 85.3 Å². The molecule has 3 aromatic carbocycles. The molecule has 6 heterocycles. The van der Waals surface area contributed by atoms with Crippen molar-refractivity contribution in [3.8, 4) is 22.8 Å². The number of nitrogens with two attached hydrogens (primary N) is 1. The van der Waals surface area contributed by atoms with Gasteiger partial charge in [0, 0.05) is 37.3 Å². The zero-order valence-corrected chi connectivity index (χ0v) is 36.4. The number of nitrogens with zero attached hydrogens (tertiary/aromatic N) is 9. The van der Waals surface area contributed by atoms with E-state index >= 15 is 0 Å². The minimum absolute atomic E-state index is 0.0506. The molecule has 2 saturated heterocycles. The monoisotopic (exact) mass is 912 g/mol. The van der Waals surface area contributed by atoms with Gasteiger partial charge in [0.1, 0.15) is 35.4 Å². The van der Waals surface area contributed by atoms with Crippen LogP contribution in [0.1, 0.15) is 62.9 Å². The maximum Gasteiger partial charge on any atom is 0.276 e. The van der Waals surface area contributed by atoms with E-state index in [1.54, 1.807) is 34.0 Å². The number of carbonyl (C=O) groups excluding carboxylic acids is 5. The van der Waals surface area contributed by atoms with Crippen LogP contribution >= 0.6 is 0 Å². The van der Waals surface area contributed by atoms with Gasteiger partial charge in [-0.1, -0.05) is 29.5 Å². The molecule has 9 rings (SSSR count). The minimum Gasteiger partial charge on any atom is -0.457 e. The Morgan fingerprint density at radius 2 is 1.60 bits per heavy atom. The number of para-hydroxylation sites is 1. The van der Waals surface area contributed by atoms with Gasteiger partial charge in [0.05, 0.1) is 74.9 Å². The first-order valence-electron chi connectivity index (χ1n) is 22.1. The number of likely N-dealkylation sites (tertiary alicyclic amines) is 1. The van der Waals surface area contributed by atoms with Crippen molar-refractivity contribution in [2.24, 2.45) is 0 Å². The molecule has 6 aromatic rings. The summed E-state index contributed by atoms with van der Waals surface area (Å²) in [5.74, 6) is -0.712. The standard InChI is InChI=1S/C46H48N12O9/c47-41-39-40(29-11-13-32(14-12-29)67-31-7-2-1-3-8-31)53-58(42(39)50-28-49-41)30-6-5-18-55(26-30)45(62)35-27-56(54-52-35)19-21-65-23-25-66-24-22-64-20-17-48-34-10-4-9-33-38(34)46(63)57(44(33)61)36-15-16-37(59)51-43(36)60/h1-4,7-14,27-28,30,36,48H,5-6,15-26H2,(H2,47,49,50)(H,51,59,60). The topological polar surface area (TPSA) is 253 Å². The molecule has 3 aromatic heterocycles. The predicted octanol–water partition coefficient (Wildman–Crippen LogP) is 3.50. The lowest BCUT2D eigenvalue weighted by Crippen LogP contribution is -2.54. The van der Waals surface area contributed by atoms with Crippen molar-refractivity contribution in [3.63, 3.8) is 0 Å². The Bertz CT molecular complexity index is 2780. The van der Waals surface area contributed by atoms with Gasteiger partial charge in [-0.05, 0) is 67.8 Å². The van der Waals surface area contributed by atoms with Crippen LogP contribution in [0.3, 0.4) is 0 Å². The summed E-state index contributed by atoms with van der Waals surface area (Å²) < 4.78 is 26.4. The Kier molecular flexibility index (Phi) is 13.5. The molecule has 0 saturated carbocycles. The van der Waals surface area contributed by atoms with Crippen LogP contribution in [-0.4, -0.2) is 139 Å². The van der Waals surface area contributed by atoms with Gasteiger partial charge < -0.3 is 34.9 Å². The molecule has 2 fully saturated rings. The second-order valence-electron chi connectivity index (χ2n) is 16.0. The summed E-state index contributed by atoms with van der Waals surface area (Å²) in [5.41, 5.74) is 9.56. The van der Waals surface area contributed by atoms with E-state index in [1.165, 1.54) is 6.33 Å². The van der Waals surface area contributed by atoms with Gasteiger partial charge in [0.15, 0.2) is 11.3 Å². The predicted molar refractivity (Wildman–Crippen MR) is 240 cm³/mol. The van der Waals surface area contributed by atoms with E-state index in [1.807, 2.05) is 59.3 Å². The number of nitrogen functional groups attached to an aromatic ring is 1. The average molecular weight is 913 g/mol.